The number of rotatable bonds is 5. The molecule has 2 aromatic rings. The van der Waals surface area contributed by atoms with Crippen LogP contribution >= 0.6 is 11.6 Å². The summed E-state index contributed by atoms with van der Waals surface area (Å²) in [6.07, 6.45) is 2.17. The lowest BCUT2D eigenvalue weighted by molar-refractivity contribution is -0.128. The molecule has 4 rings (SSSR count). The Morgan fingerprint density at radius 2 is 1.91 bits per heavy atom. The van der Waals surface area contributed by atoms with Gasteiger partial charge in [-0.1, -0.05) is 41.9 Å². The second kappa shape index (κ2) is 9.29. The average Bonchev–Trinajstić information content (AvgIpc) is 2.98. The van der Waals surface area contributed by atoms with E-state index in [-0.39, 0.29) is 24.3 Å². The molecule has 0 aliphatic carbocycles. The van der Waals surface area contributed by atoms with Crippen LogP contribution in [0.25, 0.3) is 0 Å². The minimum Gasteiger partial charge on any atom is -0.478 e. The number of nitrogens with zero attached hydrogens (tertiary/aromatic N) is 1. The van der Waals surface area contributed by atoms with E-state index in [9.17, 15) is 13.2 Å². The number of hydrogen-bond acceptors (Lipinski definition) is 5. The number of anilines is 1. The summed E-state index contributed by atoms with van der Waals surface area (Å²) < 4.78 is 37.5. The molecule has 1 amide bonds. The second-order valence-corrected chi connectivity index (χ2v) is 10.7. The Kier molecular flexibility index (Phi) is 6.65. The molecule has 1 fully saturated rings. The molecule has 9 heteroatoms. The van der Waals surface area contributed by atoms with Gasteiger partial charge in [0.25, 0.3) is 5.91 Å². The lowest BCUT2D eigenvalue weighted by Crippen LogP contribution is -2.48. The van der Waals surface area contributed by atoms with Crippen molar-refractivity contribution in [3.05, 3.63) is 59.1 Å². The predicted molar refractivity (Wildman–Crippen MR) is 124 cm³/mol. The molecule has 32 heavy (non-hydrogen) atoms. The second-order valence-electron chi connectivity index (χ2n) is 8.32. The van der Waals surface area contributed by atoms with Gasteiger partial charge in [0.2, 0.25) is 10.0 Å². The molecule has 0 aromatic heterocycles. The molecule has 0 spiro atoms. The fourth-order valence-corrected chi connectivity index (χ4v) is 5.48. The third-order valence-electron chi connectivity index (χ3n) is 6.18. The standard InChI is InChI=1S/C23H27ClN2O5S/c1-32(28,29)26-12-9-21(31-20-8-7-18(24)15-19(20)26)22(27)25-16-23(10-13-30-14-11-23)17-5-3-2-4-6-17/h2-8,15,21H,9-14,16H2,1H3,(H,25,27). The highest BCUT2D eigenvalue weighted by atomic mass is 35.5. The third kappa shape index (κ3) is 4.87. The number of sulfonamides is 1. The van der Waals surface area contributed by atoms with Crippen molar-refractivity contribution in [1.29, 1.82) is 0 Å². The summed E-state index contributed by atoms with van der Waals surface area (Å²) >= 11 is 6.09. The first kappa shape index (κ1) is 22.9. The molecular formula is C23H27ClN2O5S. The molecule has 2 aromatic carbocycles. The van der Waals surface area contributed by atoms with Gasteiger partial charge in [-0.2, -0.15) is 0 Å². The van der Waals surface area contributed by atoms with Gasteiger partial charge >= 0.3 is 0 Å². The predicted octanol–water partition coefficient (Wildman–Crippen LogP) is 3.12. The number of amides is 1. The van der Waals surface area contributed by atoms with Gasteiger partial charge in [0.1, 0.15) is 5.75 Å². The molecule has 0 bridgehead atoms. The molecule has 0 radical (unpaired) electrons. The third-order valence-corrected chi connectivity index (χ3v) is 7.60. The summed E-state index contributed by atoms with van der Waals surface area (Å²) in [4.78, 5) is 13.1. The Bertz CT molecular complexity index is 1070. The Labute approximate surface area is 193 Å². The number of fused-ring (bicyclic) bond motifs is 1. The number of ether oxygens (including phenoxy) is 2. The van der Waals surface area contributed by atoms with Crippen LogP contribution in [0.2, 0.25) is 5.02 Å². The van der Waals surface area contributed by atoms with E-state index in [0.717, 1.165) is 19.1 Å². The van der Waals surface area contributed by atoms with E-state index in [4.69, 9.17) is 21.1 Å². The summed E-state index contributed by atoms with van der Waals surface area (Å²) in [5.74, 6) is 0.0596. The minimum atomic E-state index is -3.55. The zero-order chi connectivity index (χ0) is 22.8. The van der Waals surface area contributed by atoms with Crippen molar-refractivity contribution in [2.75, 3.05) is 36.9 Å². The van der Waals surface area contributed by atoms with Crippen LogP contribution in [-0.4, -0.2) is 53.0 Å². The van der Waals surface area contributed by atoms with E-state index in [1.807, 2.05) is 18.2 Å². The van der Waals surface area contributed by atoms with Gasteiger partial charge in [0, 0.05) is 43.2 Å². The molecule has 1 atom stereocenters. The van der Waals surface area contributed by atoms with Gasteiger partial charge in [-0.25, -0.2) is 8.42 Å². The Hall–Kier alpha value is -2.29. The van der Waals surface area contributed by atoms with Gasteiger partial charge in [0.05, 0.1) is 11.9 Å². The molecule has 1 unspecified atom stereocenters. The van der Waals surface area contributed by atoms with E-state index in [2.05, 4.69) is 17.4 Å². The van der Waals surface area contributed by atoms with Crippen molar-refractivity contribution in [3.8, 4) is 5.75 Å². The van der Waals surface area contributed by atoms with Crippen molar-refractivity contribution < 1.29 is 22.7 Å². The number of halogens is 1. The van der Waals surface area contributed by atoms with E-state index >= 15 is 0 Å². The van der Waals surface area contributed by atoms with Crippen LogP contribution in [0.3, 0.4) is 0 Å². The van der Waals surface area contributed by atoms with Crippen LogP contribution < -0.4 is 14.4 Å². The minimum absolute atomic E-state index is 0.127. The first-order valence-electron chi connectivity index (χ1n) is 10.6. The molecule has 1 saturated heterocycles. The summed E-state index contributed by atoms with van der Waals surface area (Å²) in [5.41, 5.74) is 1.32. The van der Waals surface area contributed by atoms with Gasteiger partial charge < -0.3 is 14.8 Å². The summed E-state index contributed by atoms with van der Waals surface area (Å²) in [5, 5.41) is 3.47. The van der Waals surface area contributed by atoms with Crippen LogP contribution in [0.15, 0.2) is 48.5 Å². The van der Waals surface area contributed by atoms with Gasteiger partial charge in [-0.15, -0.1) is 0 Å². The molecule has 0 saturated carbocycles. The van der Waals surface area contributed by atoms with Crippen molar-refractivity contribution in [2.45, 2.75) is 30.8 Å². The normalized spacial score (nSPS) is 20.6. The van der Waals surface area contributed by atoms with E-state index in [1.54, 1.807) is 18.2 Å². The maximum absolute atomic E-state index is 13.1. The van der Waals surface area contributed by atoms with Gasteiger partial charge in [-0.3, -0.25) is 9.10 Å². The Morgan fingerprint density at radius 1 is 1.19 bits per heavy atom. The first-order chi connectivity index (χ1) is 15.3. The SMILES string of the molecule is CS(=O)(=O)N1CCC(C(=O)NCC2(c3ccccc3)CCOCC2)Oc2ccc(Cl)cc21. The van der Waals surface area contributed by atoms with Crippen LogP contribution in [-0.2, 0) is 25.0 Å². The van der Waals surface area contributed by atoms with Crippen molar-refractivity contribution in [3.63, 3.8) is 0 Å². The maximum atomic E-state index is 13.1. The molecule has 2 heterocycles. The quantitative estimate of drug-likeness (QED) is 0.713. The summed E-state index contributed by atoms with van der Waals surface area (Å²) in [6, 6.07) is 14.9. The molecule has 2 aliphatic heterocycles. The van der Waals surface area contributed by atoms with Gasteiger partial charge in [0.15, 0.2) is 6.10 Å². The number of carbonyl (C=O) groups excluding carboxylic acids is 1. The van der Waals surface area contributed by atoms with Crippen LogP contribution in [0.4, 0.5) is 5.69 Å². The molecular weight excluding hydrogens is 452 g/mol. The molecule has 1 N–H and O–H groups in total. The Balaban J connectivity index is 1.53. The first-order valence-corrected chi connectivity index (χ1v) is 12.9. The molecule has 7 nitrogen and oxygen atoms in total. The fourth-order valence-electron chi connectivity index (χ4n) is 4.37. The van der Waals surface area contributed by atoms with Crippen LogP contribution in [0, 0.1) is 0 Å². The van der Waals surface area contributed by atoms with Crippen LogP contribution in [0.1, 0.15) is 24.8 Å². The highest BCUT2D eigenvalue weighted by Gasteiger charge is 2.37. The fraction of sp³-hybridized carbons (Fsp3) is 0.435. The highest BCUT2D eigenvalue weighted by Crippen LogP contribution is 2.37. The van der Waals surface area contributed by atoms with Crippen molar-refractivity contribution in [2.24, 2.45) is 0 Å². The molecule has 2 aliphatic rings. The van der Waals surface area contributed by atoms with E-state index in [1.165, 1.54) is 9.87 Å². The largest absolute Gasteiger partial charge is 0.478 e. The highest BCUT2D eigenvalue weighted by molar-refractivity contribution is 7.92. The van der Waals surface area contributed by atoms with E-state index < -0.39 is 16.1 Å². The Morgan fingerprint density at radius 3 is 2.59 bits per heavy atom. The number of carbonyl (C=O) groups is 1. The summed E-state index contributed by atoms with van der Waals surface area (Å²) in [7, 11) is -3.55. The van der Waals surface area contributed by atoms with Crippen molar-refractivity contribution >= 4 is 33.2 Å². The number of hydrogen-bond donors (Lipinski definition) is 1. The lowest BCUT2D eigenvalue weighted by Gasteiger charge is -2.38. The maximum Gasteiger partial charge on any atom is 0.261 e. The van der Waals surface area contributed by atoms with E-state index in [0.29, 0.717) is 36.2 Å². The van der Waals surface area contributed by atoms with Crippen molar-refractivity contribution in [1.82, 2.24) is 5.32 Å². The topological polar surface area (TPSA) is 84.9 Å². The number of nitrogens with one attached hydrogen (secondary N) is 1. The van der Waals surface area contributed by atoms with Crippen LogP contribution in [0.5, 0.6) is 5.75 Å². The summed E-state index contributed by atoms with van der Waals surface area (Å²) in [6.45, 7) is 1.87. The van der Waals surface area contributed by atoms with Gasteiger partial charge in [-0.05, 0) is 36.6 Å². The zero-order valence-electron chi connectivity index (χ0n) is 17.9. The lowest BCUT2D eigenvalue weighted by atomic mass is 9.74. The zero-order valence-corrected chi connectivity index (χ0v) is 19.5. The smallest absolute Gasteiger partial charge is 0.261 e. The molecule has 172 valence electrons. The monoisotopic (exact) mass is 478 g/mol. The number of benzene rings is 2. The average molecular weight is 479 g/mol.